The number of thiazole rings is 1. The first kappa shape index (κ1) is 25.0. The van der Waals surface area contributed by atoms with Gasteiger partial charge in [0.15, 0.2) is 0 Å². The lowest BCUT2D eigenvalue weighted by Gasteiger charge is -2.25. The number of aromatic nitrogens is 4. The van der Waals surface area contributed by atoms with Gasteiger partial charge in [0.05, 0.1) is 22.5 Å². The summed E-state index contributed by atoms with van der Waals surface area (Å²) >= 11 is 0.978. The predicted molar refractivity (Wildman–Crippen MR) is 123 cm³/mol. The van der Waals surface area contributed by atoms with Gasteiger partial charge in [-0.3, -0.25) is 4.79 Å². The first-order valence-electron chi connectivity index (χ1n) is 10.4. The molecule has 4 N–H and O–H groups in total. The van der Waals surface area contributed by atoms with Crippen LogP contribution in [0.4, 0.5) is 0 Å². The summed E-state index contributed by atoms with van der Waals surface area (Å²) in [5, 5.41) is 26.0. The molecule has 2 heterocycles. The maximum atomic E-state index is 11.5. The maximum absolute atomic E-state index is 11.5. The fourth-order valence-corrected chi connectivity index (χ4v) is 4.97. The van der Waals surface area contributed by atoms with Gasteiger partial charge >= 0.3 is 5.97 Å². The van der Waals surface area contributed by atoms with Crippen molar-refractivity contribution in [1.82, 2.24) is 25.3 Å². The van der Waals surface area contributed by atoms with Crippen LogP contribution in [-0.4, -0.2) is 52.1 Å². The molecule has 33 heavy (non-hydrogen) atoms. The molecule has 0 saturated heterocycles. The summed E-state index contributed by atoms with van der Waals surface area (Å²) in [5.41, 5.74) is 1.13. The number of rotatable bonds is 11. The Hall–Kier alpha value is -2.61. The molecule has 11 nitrogen and oxygen atoms in total. The zero-order valence-electron chi connectivity index (χ0n) is 18.8. The Morgan fingerprint density at radius 2 is 2.00 bits per heavy atom. The molecule has 0 spiro atoms. The van der Waals surface area contributed by atoms with E-state index in [1.54, 1.807) is 29.1 Å². The maximum Gasteiger partial charge on any atom is 0.320 e. The van der Waals surface area contributed by atoms with Gasteiger partial charge in [-0.2, -0.15) is 0 Å². The Bertz CT molecular complexity index is 1220. The molecule has 0 fully saturated rings. The summed E-state index contributed by atoms with van der Waals surface area (Å²) in [6.45, 7) is 8.39. The number of aliphatic carboxylic acids is 1. The fraction of sp³-hybridized carbons (Fsp3) is 0.500. The highest BCUT2D eigenvalue weighted by Crippen LogP contribution is 2.28. The highest BCUT2D eigenvalue weighted by Gasteiger charge is 2.25. The van der Waals surface area contributed by atoms with E-state index in [-0.39, 0.29) is 28.8 Å². The molecule has 1 aromatic carbocycles. The normalized spacial score (nSPS) is 14.2. The van der Waals surface area contributed by atoms with E-state index in [1.807, 2.05) is 27.7 Å². The van der Waals surface area contributed by atoms with E-state index in [0.717, 1.165) is 11.3 Å². The number of benzene rings is 1. The number of sulfonamides is 1. The zero-order chi connectivity index (χ0) is 24.3. The predicted octanol–water partition coefficient (Wildman–Crippen LogP) is 2.01. The third kappa shape index (κ3) is 6.25. The molecule has 13 heteroatoms. The fourth-order valence-electron chi connectivity index (χ4n) is 3.28. The molecule has 0 aliphatic rings. The van der Waals surface area contributed by atoms with Gasteiger partial charge in [0.25, 0.3) is 10.0 Å². The number of ether oxygens (including phenoxy) is 1. The summed E-state index contributed by atoms with van der Waals surface area (Å²) in [6.07, 6.45) is 1.78. The molecule has 0 saturated carbocycles. The van der Waals surface area contributed by atoms with E-state index in [9.17, 15) is 18.3 Å². The van der Waals surface area contributed by atoms with Crippen LogP contribution >= 0.6 is 11.3 Å². The third-order valence-corrected chi connectivity index (χ3v) is 7.45. The second-order valence-corrected chi connectivity index (χ2v) is 11.2. The minimum atomic E-state index is -3.86. The van der Waals surface area contributed by atoms with Gasteiger partial charge in [0, 0.05) is 6.54 Å². The van der Waals surface area contributed by atoms with E-state index in [2.05, 4.69) is 20.6 Å². The highest BCUT2D eigenvalue weighted by molar-refractivity contribution is 7.91. The number of nitrogens with one attached hydrogen (secondary N) is 1. The lowest BCUT2D eigenvalue weighted by Crippen LogP contribution is -2.44. The number of hydrogen-bond acceptors (Lipinski definition) is 9. The summed E-state index contributed by atoms with van der Waals surface area (Å²) in [6, 6.07) is 4.33. The Labute approximate surface area is 196 Å². The van der Waals surface area contributed by atoms with Crippen molar-refractivity contribution in [3.63, 3.8) is 0 Å². The Morgan fingerprint density at radius 1 is 1.27 bits per heavy atom. The second kappa shape index (κ2) is 10.1. The second-order valence-electron chi connectivity index (χ2n) is 8.41. The largest absolute Gasteiger partial charge is 0.487 e. The SMILES string of the molecule is CC(C)C(NC[C@H](C(C)C)n1cc(COc2ccc3nc(S(N)(=O)=O)sc3c2)nn1)C(=O)O. The number of fused-ring (bicyclic) bond motifs is 1. The van der Waals surface area contributed by atoms with E-state index >= 15 is 0 Å². The number of carbonyl (C=O) groups is 1. The van der Waals surface area contributed by atoms with Gasteiger partial charge in [-0.05, 0) is 30.0 Å². The number of nitrogens with zero attached hydrogens (tertiary/aromatic N) is 4. The number of carboxylic acid groups (broad SMARTS) is 1. The van der Waals surface area contributed by atoms with Gasteiger partial charge in [-0.15, -0.1) is 16.4 Å². The van der Waals surface area contributed by atoms with Crippen molar-refractivity contribution >= 4 is 37.5 Å². The summed E-state index contributed by atoms with van der Waals surface area (Å²) < 4.78 is 31.0. The van der Waals surface area contributed by atoms with Gasteiger partial charge < -0.3 is 15.2 Å². The molecule has 2 aromatic heterocycles. The average Bonchev–Trinajstić information content (AvgIpc) is 3.35. The van der Waals surface area contributed by atoms with Crippen LogP contribution in [0.15, 0.2) is 28.7 Å². The number of primary sulfonamides is 1. The van der Waals surface area contributed by atoms with Crippen molar-refractivity contribution in [2.45, 2.75) is 50.7 Å². The number of nitrogens with two attached hydrogens (primary N) is 1. The Kier molecular flexibility index (Phi) is 7.67. The molecular weight excluding hydrogens is 468 g/mol. The molecule has 3 rings (SSSR count). The standard InChI is InChI=1S/C20H28N6O5S2/c1-11(2)16(8-22-18(12(3)4)19(27)28)26-9-13(24-25-26)10-31-14-5-6-15-17(7-14)32-20(23-15)33(21,29)30/h5-7,9,11-12,16,18,22H,8,10H2,1-4H3,(H,27,28)(H2,21,29,30)/t16-,18?/m1/s1. The van der Waals surface area contributed by atoms with Crippen molar-refractivity contribution in [3.05, 3.63) is 30.1 Å². The molecule has 1 unspecified atom stereocenters. The third-order valence-electron chi connectivity index (χ3n) is 5.12. The van der Waals surface area contributed by atoms with Crippen LogP contribution in [-0.2, 0) is 21.4 Å². The molecule has 0 bridgehead atoms. The molecule has 180 valence electrons. The number of hydrogen-bond donors (Lipinski definition) is 3. The minimum absolute atomic E-state index is 0.0491. The van der Waals surface area contributed by atoms with Crippen molar-refractivity contribution in [1.29, 1.82) is 0 Å². The van der Waals surface area contributed by atoms with Crippen LogP contribution < -0.4 is 15.2 Å². The van der Waals surface area contributed by atoms with Crippen molar-refractivity contribution in [2.75, 3.05) is 6.54 Å². The molecule has 0 radical (unpaired) electrons. The molecule has 3 aromatic rings. The van der Waals surface area contributed by atoms with E-state index in [0.29, 0.717) is 28.2 Å². The quantitative estimate of drug-likeness (QED) is 0.360. The Morgan fingerprint density at radius 3 is 2.61 bits per heavy atom. The smallest absolute Gasteiger partial charge is 0.320 e. The minimum Gasteiger partial charge on any atom is -0.487 e. The van der Waals surface area contributed by atoms with E-state index < -0.39 is 22.0 Å². The van der Waals surface area contributed by atoms with Crippen molar-refractivity contribution in [2.24, 2.45) is 17.0 Å². The summed E-state index contributed by atoms with van der Waals surface area (Å²) in [5.74, 6) is -0.206. The first-order chi connectivity index (χ1) is 15.5. The topological polar surface area (TPSA) is 162 Å². The average molecular weight is 497 g/mol. The lowest BCUT2D eigenvalue weighted by molar-refractivity contribution is -0.140. The summed E-state index contributed by atoms with van der Waals surface area (Å²) in [4.78, 5) is 15.5. The van der Waals surface area contributed by atoms with Gasteiger partial charge in [0.1, 0.15) is 24.1 Å². The lowest BCUT2D eigenvalue weighted by atomic mass is 10.0. The molecule has 0 aliphatic heterocycles. The van der Waals surface area contributed by atoms with Crippen LogP contribution in [0.5, 0.6) is 5.75 Å². The summed E-state index contributed by atoms with van der Waals surface area (Å²) in [7, 11) is -3.86. The zero-order valence-corrected chi connectivity index (χ0v) is 20.4. The van der Waals surface area contributed by atoms with E-state index in [1.165, 1.54) is 0 Å². The molecule has 0 aliphatic carbocycles. The molecule has 2 atom stereocenters. The van der Waals surface area contributed by atoms with Crippen LogP contribution in [0.2, 0.25) is 0 Å². The first-order valence-corrected chi connectivity index (χ1v) is 12.7. The van der Waals surface area contributed by atoms with Gasteiger partial charge in [0.2, 0.25) is 4.34 Å². The van der Waals surface area contributed by atoms with Crippen molar-refractivity contribution < 1.29 is 23.1 Å². The van der Waals surface area contributed by atoms with Crippen LogP contribution in [0, 0.1) is 11.8 Å². The van der Waals surface area contributed by atoms with Crippen LogP contribution in [0.3, 0.4) is 0 Å². The highest BCUT2D eigenvalue weighted by atomic mass is 32.2. The van der Waals surface area contributed by atoms with Gasteiger partial charge in [-0.1, -0.05) is 32.9 Å². The van der Waals surface area contributed by atoms with Gasteiger partial charge in [-0.25, -0.2) is 23.2 Å². The molecule has 0 amide bonds. The van der Waals surface area contributed by atoms with Crippen LogP contribution in [0.1, 0.15) is 39.4 Å². The molecular formula is C20H28N6O5S2. The monoisotopic (exact) mass is 496 g/mol. The van der Waals surface area contributed by atoms with Crippen LogP contribution in [0.25, 0.3) is 10.2 Å². The number of carboxylic acids is 1. The Balaban J connectivity index is 1.67. The van der Waals surface area contributed by atoms with Crippen molar-refractivity contribution in [3.8, 4) is 5.75 Å². The van der Waals surface area contributed by atoms with E-state index in [4.69, 9.17) is 9.88 Å².